The summed E-state index contributed by atoms with van der Waals surface area (Å²) in [7, 11) is 1.67. The van der Waals surface area contributed by atoms with Crippen LogP contribution < -0.4 is 5.32 Å². The van der Waals surface area contributed by atoms with Gasteiger partial charge in [-0.2, -0.15) is 5.10 Å². The van der Waals surface area contributed by atoms with Crippen molar-refractivity contribution in [2.45, 2.75) is 19.0 Å². The molecule has 0 saturated carbocycles. The SMILES string of the molecule is Cn1cc(C(C)(O)CNC(=O)c2cccc(C(F)F)c2F)cn1. The number of benzene rings is 1. The van der Waals surface area contributed by atoms with Crippen molar-refractivity contribution in [2.75, 3.05) is 6.54 Å². The monoisotopic (exact) mass is 327 g/mol. The minimum atomic E-state index is -3.01. The van der Waals surface area contributed by atoms with E-state index in [0.29, 0.717) is 5.56 Å². The molecule has 1 unspecified atom stereocenters. The number of nitrogens with zero attached hydrogens (tertiary/aromatic N) is 2. The van der Waals surface area contributed by atoms with Crippen LogP contribution in [0.25, 0.3) is 0 Å². The Labute approximate surface area is 130 Å². The third-order valence-corrected chi connectivity index (χ3v) is 3.43. The van der Waals surface area contributed by atoms with Crippen LogP contribution in [0.5, 0.6) is 0 Å². The highest BCUT2D eigenvalue weighted by molar-refractivity contribution is 5.94. The number of hydrogen-bond donors (Lipinski definition) is 2. The van der Waals surface area contributed by atoms with Gasteiger partial charge in [0, 0.05) is 18.8 Å². The molecule has 0 saturated heterocycles. The number of aryl methyl sites for hydroxylation is 1. The van der Waals surface area contributed by atoms with Gasteiger partial charge in [0.1, 0.15) is 11.4 Å². The van der Waals surface area contributed by atoms with E-state index in [0.717, 1.165) is 12.1 Å². The molecule has 0 aliphatic carbocycles. The van der Waals surface area contributed by atoms with Gasteiger partial charge in [0.25, 0.3) is 12.3 Å². The van der Waals surface area contributed by atoms with Crippen molar-refractivity contribution in [3.63, 3.8) is 0 Å². The number of halogens is 3. The van der Waals surface area contributed by atoms with Crippen molar-refractivity contribution in [2.24, 2.45) is 7.05 Å². The summed E-state index contributed by atoms with van der Waals surface area (Å²) < 4.78 is 40.7. The molecular weight excluding hydrogens is 311 g/mol. The summed E-state index contributed by atoms with van der Waals surface area (Å²) in [6, 6.07) is 3.21. The molecule has 2 rings (SSSR count). The lowest BCUT2D eigenvalue weighted by Gasteiger charge is -2.22. The molecule has 0 aliphatic rings. The average molecular weight is 327 g/mol. The van der Waals surface area contributed by atoms with Gasteiger partial charge in [-0.3, -0.25) is 9.48 Å². The molecule has 23 heavy (non-hydrogen) atoms. The van der Waals surface area contributed by atoms with Crippen molar-refractivity contribution in [1.29, 1.82) is 0 Å². The Morgan fingerprint density at radius 2 is 2.17 bits per heavy atom. The molecule has 2 N–H and O–H groups in total. The molecule has 0 fully saturated rings. The van der Waals surface area contributed by atoms with Crippen molar-refractivity contribution in [1.82, 2.24) is 15.1 Å². The molecule has 8 heteroatoms. The molecule has 0 aliphatic heterocycles. The fourth-order valence-electron chi connectivity index (χ4n) is 2.04. The second kappa shape index (κ2) is 6.41. The number of nitrogens with one attached hydrogen (secondary N) is 1. The van der Waals surface area contributed by atoms with E-state index in [9.17, 15) is 23.1 Å². The van der Waals surface area contributed by atoms with E-state index < -0.39 is 34.9 Å². The fourth-order valence-corrected chi connectivity index (χ4v) is 2.04. The number of aromatic nitrogens is 2. The normalized spacial score (nSPS) is 13.9. The number of hydrogen-bond acceptors (Lipinski definition) is 3. The number of carbonyl (C=O) groups excluding carboxylic acids is 1. The zero-order valence-corrected chi connectivity index (χ0v) is 12.6. The first-order valence-electron chi connectivity index (χ1n) is 6.78. The van der Waals surface area contributed by atoms with Crippen LogP contribution in [0.2, 0.25) is 0 Å². The fraction of sp³-hybridized carbons (Fsp3) is 0.333. The van der Waals surface area contributed by atoms with Gasteiger partial charge in [-0.1, -0.05) is 12.1 Å². The van der Waals surface area contributed by atoms with E-state index >= 15 is 0 Å². The lowest BCUT2D eigenvalue weighted by molar-refractivity contribution is 0.0524. The van der Waals surface area contributed by atoms with Crippen LogP contribution in [-0.2, 0) is 12.6 Å². The standard InChI is InChI=1S/C15H16F3N3O2/c1-15(23,9-6-20-21(2)7-9)8-19-14(22)11-5-3-4-10(12(11)16)13(17)18/h3-7,13,23H,8H2,1-2H3,(H,19,22). The number of carbonyl (C=O) groups is 1. The van der Waals surface area contributed by atoms with Gasteiger partial charge < -0.3 is 10.4 Å². The van der Waals surface area contributed by atoms with Crippen LogP contribution in [0, 0.1) is 5.82 Å². The summed E-state index contributed by atoms with van der Waals surface area (Å²) in [6.07, 6.45) is -0.00448. The first-order valence-corrected chi connectivity index (χ1v) is 6.78. The maximum absolute atomic E-state index is 13.9. The van der Waals surface area contributed by atoms with Crippen LogP contribution >= 0.6 is 0 Å². The minimum Gasteiger partial charge on any atom is -0.383 e. The molecule has 1 amide bonds. The Kier molecular flexibility index (Phi) is 4.74. The molecule has 2 aromatic rings. The van der Waals surface area contributed by atoms with Crippen molar-refractivity contribution < 1.29 is 23.1 Å². The predicted molar refractivity (Wildman–Crippen MR) is 76.5 cm³/mol. The Hall–Kier alpha value is -2.35. The Morgan fingerprint density at radius 1 is 1.48 bits per heavy atom. The van der Waals surface area contributed by atoms with Crippen LogP contribution in [-0.4, -0.2) is 27.3 Å². The number of aliphatic hydroxyl groups is 1. The Bertz CT molecular complexity index is 714. The van der Waals surface area contributed by atoms with E-state index in [2.05, 4.69) is 10.4 Å². The van der Waals surface area contributed by atoms with Crippen LogP contribution in [0.1, 0.15) is 34.8 Å². The molecule has 0 spiro atoms. The lowest BCUT2D eigenvalue weighted by atomic mass is 9.99. The van der Waals surface area contributed by atoms with Crippen LogP contribution in [0.4, 0.5) is 13.2 Å². The minimum absolute atomic E-state index is 0.226. The summed E-state index contributed by atoms with van der Waals surface area (Å²) >= 11 is 0. The average Bonchev–Trinajstić information content (AvgIpc) is 2.92. The van der Waals surface area contributed by atoms with Crippen molar-refractivity contribution >= 4 is 5.91 Å². The maximum Gasteiger partial charge on any atom is 0.266 e. The molecule has 1 atom stereocenters. The first-order chi connectivity index (χ1) is 10.7. The molecular formula is C15H16F3N3O2. The van der Waals surface area contributed by atoms with Gasteiger partial charge in [-0.25, -0.2) is 13.2 Å². The summed E-state index contributed by atoms with van der Waals surface area (Å²) in [5.41, 5.74) is -2.30. The highest BCUT2D eigenvalue weighted by Gasteiger charge is 2.27. The lowest BCUT2D eigenvalue weighted by Crippen LogP contribution is -2.38. The van der Waals surface area contributed by atoms with Crippen LogP contribution in [0.3, 0.4) is 0 Å². The third kappa shape index (κ3) is 3.70. The second-order valence-corrected chi connectivity index (χ2v) is 5.37. The summed E-state index contributed by atoms with van der Waals surface area (Å²) in [5.74, 6) is -2.14. The summed E-state index contributed by atoms with van der Waals surface area (Å²) in [4.78, 5) is 12.0. The smallest absolute Gasteiger partial charge is 0.266 e. The largest absolute Gasteiger partial charge is 0.383 e. The molecule has 0 radical (unpaired) electrons. The van der Waals surface area contributed by atoms with E-state index in [1.54, 1.807) is 13.2 Å². The molecule has 1 aromatic carbocycles. The van der Waals surface area contributed by atoms with Crippen LogP contribution in [0.15, 0.2) is 30.6 Å². The zero-order valence-electron chi connectivity index (χ0n) is 12.6. The molecule has 5 nitrogen and oxygen atoms in total. The van der Waals surface area contributed by atoms with E-state index in [-0.39, 0.29) is 6.54 Å². The highest BCUT2D eigenvalue weighted by atomic mass is 19.3. The van der Waals surface area contributed by atoms with Crippen molar-refractivity contribution in [3.05, 3.63) is 53.1 Å². The zero-order chi connectivity index (χ0) is 17.2. The van der Waals surface area contributed by atoms with Gasteiger partial charge in [0.15, 0.2) is 0 Å². The highest BCUT2D eigenvalue weighted by Crippen LogP contribution is 2.24. The summed E-state index contributed by atoms with van der Waals surface area (Å²) in [5, 5.41) is 16.6. The Balaban J connectivity index is 2.12. The van der Waals surface area contributed by atoms with Gasteiger partial charge in [0.05, 0.1) is 23.9 Å². The topological polar surface area (TPSA) is 67.2 Å². The quantitative estimate of drug-likeness (QED) is 0.884. The van der Waals surface area contributed by atoms with E-state index in [1.807, 2.05) is 0 Å². The maximum atomic E-state index is 13.9. The number of alkyl halides is 2. The van der Waals surface area contributed by atoms with Gasteiger partial charge in [0.2, 0.25) is 0 Å². The number of rotatable bonds is 5. The Morgan fingerprint density at radius 3 is 2.74 bits per heavy atom. The van der Waals surface area contributed by atoms with Gasteiger partial charge >= 0.3 is 0 Å². The molecule has 0 bridgehead atoms. The van der Waals surface area contributed by atoms with Gasteiger partial charge in [-0.05, 0) is 13.0 Å². The molecule has 1 aromatic heterocycles. The van der Waals surface area contributed by atoms with Crippen molar-refractivity contribution in [3.8, 4) is 0 Å². The molecule has 1 heterocycles. The second-order valence-electron chi connectivity index (χ2n) is 5.37. The third-order valence-electron chi connectivity index (χ3n) is 3.43. The predicted octanol–water partition coefficient (Wildman–Crippen LogP) is 2.13. The van der Waals surface area contributed by atoms with E-state index in [4.69, 9.17) is 0 Å². The molecule has 124 valence electrons. The first kappa shape index (κ1) is 17.0. The summed E-state index contributed by atoms with van der Waals surface area (Å²) in [6.45, 7) is 1.23. The number of amides is 1. The van der Waals surface area contributed by atoms with Gasteiger partial charge in [-0.15, -0.1) is 0 Å². The van der Waals surface area contributed by atoms with E-state index in [1.165, 1.54) is 23.9 Å².